The minimum atomic E-state index is -0.0526. The molecule has 1 aliphatic rings. The smallest absolute Gasteiger partial charge is 0.274 e. The Kier molecular flexibility index (Phi) is 4.09. The number of carbonyl (C=O) groups excluding carboxylic acids is 1. The summed E-state index contributed by atoms with van der Waals surface area (Å²) in [5, 5.41) is 5.22. The molecule has 0 saturated carbocycles. The number of thiophene rings is 1. The van der Waals surface area contributed by atoms with Crippen LogP contribution in [-0.4, -0.2) is 38.3 Å². The van der Waals surface area contributed by atoms with Gasteiger partial charge < -0.3 is 10.2 Å². The number of pyridine rings is 1. The van der Waals surface area contributed by atoms with Gasteiger partial charge in [-0.1, -0.05) is 6.07 Å². The Morgan fingerprint density at radius 2 is 2.24 bits per heavy atom. The highest BCUT2D eigenvalue weighted by atomic mass is 32.1. The molecule has 3 aromatic rings. The van der Waals surface area contributed by atoms with Gasteiger partial charge in [0, 0.05) is 18.8 Å². The third-order valence-corrected chi connectivity index (χ3v) is 5.47. The van der Waals surface area contributed by atoms with Crippen molar-refractivity contribution < 1.29 is 4.79 Å². The molecule has 4 heterocycles. The van der Waals surface area contributed by atoms with Gasteiger partial charge in [-0.3, -0.25) is 9.78 Å². The molecule has 6 nitrogen and oxygen atoms in total. The maximum absolute atomic E-state index is 12.9. The number of likely N-dealkylation sites (tertiary alicyclic amines) is 1. The summed E-state index contributed by atoms with van der Waals surface area (Å²) in [7, 11) is 0. The van der Waals surface area contributed by atoms with Crippen molar-refractivity contribution in [3.05, 3.63) is 47.2 Å². The quantitative estimate of drug-likeness (QED) is 0.777. The predicted molar refractivity (Wildman–Crippen MR) is 98.8 cm³/mol. The zero-order valence-electron chi connectivity index (χ0n) is 14.1. The minimum Gasteiger partial charge on any atom is -0.346 e. The van der Waals surface area contributed by atoms with Gasteiger partial charge in [-0.2, -0.15) is 0 Å². The number of aromatic nitrogens is 3. The van der Waals surface area contributed by atoms with Gasteiger partial charge in [0.15, 0.2) is 5.69 Å². The van der Waals surface area contributed by atoms with Gasteiger partial charge in [0.25, 0.3) is 5.91 Å². The number of nitrogens with one attached hydrogen (secondary N) is 1. The maximum Gasteiger partial charge on any atom is 0.274 e. The number of hydrogen-bond acceptors (Lipinski definition) is 6. The number of rotatable bonds is 4. The van der Waals surface area contributed by atoms with E-state index < -0.39 is 0 Å². The molecule has 0 radical (unpaired) electrons. The number of amides is 1. The molecule has 1 unspecified atom stereocenters. The van der Waals surface area contributed by atoms with Crippen molar-refractivity contribution >= 4 is 33.4 Å². The molecule has 0 bridgehead atoms. The highest BCUT2D eigenvalue weighted by Gasteiger charge is 2.31. The molecule has 1 amide bonds. The van der Waals surface area contributed by atoms with Gasteiger partial charge in [0.1, 0.15) is 0 Å². The first kappa shape index (κ1) is 16.0. The van der Waals surface area contributed by atoms with Crippen LogP contribution in [0.1, 0.15) is 42.5 Å². The Hall–Kier alpha value is -2.54. The normalized spacial score (nSPS) is 18.0. The second kappa shape index (κ2) is 6.40. The van der Waals surface area contributed by atoms with Crippen LogP contribution in [-0.2, 0) is 0 Å². The van der Waals surface area contributed by atoms with E-state index in [2.05, 4.69) is 27.2 Å². The number of carbonyl (C=O) groups is 1. The highest BCUT2D eigenvalue weighted by molar-refractivity contribution is 7.17. The molecule has 25 heavy (non-hydrogen) atoms. The number of anilines is 1. The zero-order valence-corrected chi connectivity index (χ0v) is 15.0. The second-order valence-corrected chi connectivity index (χ2v) is 7.20. The predicted octanol–water partition coefficient (Wildman–Crippen LogP) is 3.49. The van der Waals surface area contributed by atoms with Crippen molar-refractivity contribution in [3.63, 3.8) is 0 Å². The van der Waals surface area contributed by atoms with E-state index in [-0.39, 0.29) is 18.0 Å². The molecule has 128 valence electrons. The SMILES string of the molecule is CC1CCN1C(=O)c1nc(N[C@@H](C)c2ccccn2)nc2ccsc12. The summed E-state index contributed by atoms with van der Waals surface area (Å²) in [5.41, 5.74) is 2.19. The fourth-order valence-corrected chi connectivity index (χ4v) is 3.74. The van der Waals surface area contributed by atoms with E-state index in [1.165, 1.54) is 11.3 Å². The first-order valence-electron chi connectivity index (χ1n) is 8.37. The largest absolute Gasteiger partial charge is 0.346 e. The van der Waals surface area contributed by atoms with Crippen LogP contribution in [0.2, 0.25) is 0 Å². The first-order valence-corrected chi connectivity index (χ1v) is 9.25. The Balaban J connectivity index is 1.67. The monoisotopic (exact) mass is 353 g/mol. The van der Waals surface area contributed by atoms with Gasteiger partial charge in [0.05, 0.1) is 22.0 Å². The summed E-state index contributed by atoms with van der Waals surface area (Å²) < 4.78 is 0.847. The molecular weight excluding hydrogens is 334 g/mol. The van der Waals surface area contributed by atoms with Crippen LogP contribution in [0.5, 0.6) is 0 Å². The summed E-state index contributed by atoms with van der Waals surface area (Å²) in [6.07, 6.45) is 2.81. The van der Waals surface area contributed by atoms with Crippen LogP contribution >= 0.6 is 11.3 Å². The fraction of sp³-hybridized carbons (Fsp3) is 0.333. The summed E-state index contributed by atoms with van der Waals surface area (Å²) in [4.78, 5) is 28.2. The van der Waals surface area contributed by atoms with E-state index in [4.69, 9.17) is 0 Å². The third kappa shape index (κ3) is 2.95. The third-order valence-electron chi connectivity index (χ3n) is 4.56. The number of fused-ring (bicyclic) bond motifs is 1. The van der Waals surface area contributed by atoms with Crippen LogP contribution in [0.25, 0.3) is 10.2 Å². The number of hydrogen-bond donors (Lipinski definition) is 1. The lowest BCUT2D eigenvalue weighted by Crippen LogP contribution is -2.49. The standard InChI is InChI=1S/C18H19N5OS/c1-11-6-9-23(11)17(24)15-16-14(7-10-25-16)21-18(22-15)20-12(2)13-5-3-4-8-19-13/h3-5,7-8,10-12H,6,9H2,1-2H3,(H,20,21,22)/t11?,12-/m0/s1. The van der Waals surface area contributed by atoms with Crippen molar-refractivity contribution in [2.75, 3.05) is 11.9 Å². The van der Waals surface area contributed by atoms with Crippen LogP contribution in [0.3, 0.4) is 0 Å². The molecule has 0 aromatic carbocycles. The van der Waals surface area contributed by atoms with Gasteiger partial charge in [-0.15, -0.1) is 11.3 Å². The molecule has 0 aliphatic carbocycles. The topological polar surface area (TPSA) is 71.0 Å². The van der Waals surface area contributed by atoms with Crippen molar-refractivity contribution in [2.24, 2.45) is 0 Å². The van der Waals surface area contributed by atoms with E-state index in [1.807, 2.05) is 41.5 Å². The molecule has 0 spiro atoms. The summed E-state index contributed by atoms with van der Waals surface area (Å²) >= 11 is 1.51. The van der Waals surface area contributed by atoms with E-state index in [9.17, 15) is 4.79 Å². The van der Waals surface area contributed by atoms with Gasteiger partial charge in [-0.05, 0) is 43.8 Å². The summed E-state index contributed by atoms with van der Waals surface area (Å²) in [6.45, 7) is 4.86. The van der Waals surface area contributed by atoms with Crippen LogP contribution in [0, 0.1) is 0 Å². The van der Waals surface area contributed by atoms with Crippen molar-refractivity contribution in [3.8, 4) is 0 Å². The minimum absolute atomic E-state index is 0.0119. The second-order valence-electron chi connectivity index (χ2n) is 6.29. The molecule has 4 rings (SSSR count). The average Bonchev–Trinajstić information content (AvgIpc) is 3.08. The van der Waals surface area contributed by atoms with Crippen LogP contribution in [0.15, 0.2) is 35.8 Å². The zero-order chi connectivity index (χ0) is 17.4. The lowest BCUT2D eigenvalue weighted by atomic mass is 10.0. The average molecular weight is 353 g/mol. The molecule has 2 atom stereocenters. The maximum atomic E-state index is 12.9. The Morgan fingerprint density at radius 3 is 2.92 bits per heavy atom. The molecule has 1 saturated heterocycles. The summed E-state index contributed by atoms with van der Waals surface area (Å²) in [5.74, 6) is 0.447. The fourth-order valence-electron chi connectivity index (χ4n) is 2.93. The van der Waals surface area contributed by atoms with E-state index in [0.717, 1.165) is 28.9 Å². The Bertz CT molecular complexity index is 910. The summed E-state index contributed by atoms with van der Waals surface area (Å²) in [6, 6.07) is 7.94. The molecule has 1 aliphatic heterocycles. The van der Waals surface area contributed by atoms with Crippen LogP contribution < -0.4 is 5.32 Å². The van der Waals surface area contributed by atoms with Crippen molar-refractivity contribution in [2.45, 2.75) is 32.4 Å². The van der Waals surface area contributed by atoms with Crippen LogP contribution in [0.4, 0.5) is 5.95 Å². The van der Waals surface area contributed by atoms with Gasteiger partial charge >= 0.3 is 0 Å². The molecular formula is C18H19N5OS. The van der Waals surface area contributed by atoms with E-state index in [1.54, 1.807) is 6.20 Å². The molecule has 7 heteroatoms. The van der Waals surface area contributed by atoms with Crippen molar-refractivity contribution in [1.82, 2.24) is 19.9 Å². The number of nitrogens with zero attached hydrogens (tertiary/aromatic N) is 4. The van der Waals surface area contributed by atoms with E-state index >= 15 is 0 Å². The lowest BCUT2D eigenvalue weighted by molar-refractivity contribution is 0.0498. The molecule has 1 N–H and O–H groups in total. The first-order chi connectivity index (χ1) is 12.1. The Labute approximate surface area is 149 Å². The Morgan fingerprint density at radius 1 is 1.36 bits per heavy atom. The lowest BCUT2D eigenvalue weighted by Gasteiger charge is -2.38. The van der Waals surface area contributed by atoms with Crippen molar-refractivity contribution in [1.29, 1.82) is 0 Å². The molecule has 3 aromatic heterocycles. The highest BCUT2D eigenvalue weighted by Crippen LogP contribution is 2.28. The van der Waals surface area contributed by atoms with E-state index in [0.29, 0.717) is 11.6 Å². The molecule has 1 fully saturated rings. The van der Waals surface area contributed by atoms with Gasteiger partial charge in [0.2, 0.25) is 5.95 Å². The van der Waals surface area contributed by atoms with Gasteiger partial charge in [-0.25, -0.2) is 9.97 Å².